The fourth-order valence-corrected chi connectivity index (χ4v) is 5.53. The Kier molecular flexibility index (Phi) is 5.22. The van der Waals surface area contributed by atoms with Gasteiger partial charge in [0.15, 0.2) is 0 Å². The van der Waals surface area contributed by atoms with Gasteiger partial charge in [-0.05, 0) is 55.3 Å². The Morgan fingerprint density at radius 2 is 1.86 bits per heavy atom. The van der Waals surface area contributed by atoms with Crippen LogP contribution >= 0.6 is 11.3 Å². The van der Waals surface area contributed by atoms with Gasteiger partial charge < -0.3 is 9.47 Å². The van der Waals surface area contributed by atoms with E-state index in [4.69, 9.17) is 9.47 Å². The third-order valence-electron chi connectivity index (χ3n) is 4.70. The molecule has 148 valence electrons. The van der Waals surface area contributed by atoms with Gasteiger partial charge in [0.2, 0.25) is 10.0 Å². The molecule has 0 unspecified atom stereocenters. The average molecular weight is 423 g/mol. The van der Waals surface area contributed by atoms with E-state index in [2.05, 4.69) is 4.98 Å². The number of hydrogen-bond donors (Lipinski definition) is 0. The van der Waals surface area contributed by atoms with Crippen molar-refractivity contribution in [2.24, 2.45) is 0 Å². The van der Waals surface area contributed by atoms with E-state index in [0.29, 0.717) is 42.4 Å². The molecule has 4 rings (SSSR count). The van der Waals surface area contributed by atoms with Crippen LogP contribution in [0.5, 0.6) is 10.9 Å². The number of sulfonamides is 1. The van der Waals surface area contributed by atoms with E-state index >= 15 is 0 Å². The second-order valence-electron chi connectivity index (χ2n) is 6.49. The van der Waals surface area contributed by atoms with Crippen LogP contribution in [0.3, 0.4) is 0 Å². The van der Waals surface area contributed by atoms with Gasteiger partial charge in [-0.2, -0.15) is 4.31 Å². The molecule has 1 aliphatic rings. The maximum Gasteiger partial charge on any atom is 0.274 e. The highest BCUT2D eigenvalue weighted by molar-refractivity contribution is 7.89. The lowest BCUT2D eigenvalue weighted by Crippen LogP contribution is -2.41. The number of ether oxygens (including phenoxy) is 2. The predicted molar refractivity (Wildman–Crippen MR) is 105 cm³/mol. The van der Waals surface area contributed by atoms with Gasteiger partial charge in [0.25, 0.3) is 5.19 Å². The van der Waals surface area contributed by atoms with Crippen LogP contribution in [0.4, 0.5) is 4.39 Å². The van der Waals surface area contributed by atoms with Gasteiger partial charge in [-0.3, -0.25) is 0 Å². The first-order valence-corrected chi connectivity index (χ1v) is 11.1. The first-order valence-electron chi connectivity index (χ1n) is 8.83. The standard InChI is InChI=1S/C19H19FN2O4S2/c1-25-14-3-5-16(6-4-14)28(23,24)22-10-8-15(9-11-22)26-19-21-17-7-2-13(20)12-18(17)27-19/h2-7,12,15H,8-11H2,1H3. The summed E-state index contributed by atoms with van der Waals surface area (Å²) in [6, 6.07) is 10.8. The molecule has 0 radical (unpaired) electrons. The fraction of sp³-hybridized carbons (Fsp3) is 0.316. The molecule has 0 bridgehead atoms. The van der Waals surface area contributed by atoms with E-state index in [1.807, 2.05) is 0 Å². The Bertz CT molecular complexity index is 1080. The molecule has 9 heteroatoms. The summed E-state index contributed by atoms with van der Waals surface area (Å²) in [6.07, 6.45) is 1.02. The maximum absolute atomic E-state index is 13.3. The van der Waals surface area contributed by atoms with Crippen LogP contribution in [0.1, 0.15) is 12.8 Å². The molecule has 1 aromatic heterocycles. The zero-order valence-corrected chi connectivity index (χ0v) is 16.8. The van der Waals surface area contributed by atoms with Gasteiger partial charge in [0.1, 0.15) is 17.7 Å². The quantitative estimate of drug-likeness (QED) is 0.628. The summed E-state index contributed by atoms with van der Waals surface area (Å²) in [5.74, 6) is 0.307. The van der Waals surface area contributed by atoms with Crippen molar-refractivity contribution in [2.75, 3.05) is 20.2 Å². The van der Waals surface area contributed by atoms with Crippen molar-refractivity contribution in [2.45, 2.75) is 23.8 Å². The van der Waals surface area contributed by atoms with Crippen LogP contribution < -0.4 is 9.47 Å². The molecule has 3 aromatic rings. The minimum atomic E-state index is -3.54. The molecule has 1 saturated heterocycles. The number of nitrogens with zero attached hydrogens (tertiary/aromatic N) is 2. The van der Waals surface area contributed by atoms with Crippen molar-refractivity contribution < 1.29 is 22.3 Å². The highest BCUT2D eigenvalue weighted by atomic mass is 32.2. The number of methoxy groups -OCH3 is 1. The molecule has 28 heavy (non-hydrogen) atoms. The number of rotatable bonds is 5. The molecule has 0 amide bonds. The summed E-state index contributed by atoms with van der Waals surface area (Å²) in [6.45, 7) is 0.747. The lowest BCUT2D eigenvalue weighted by molar-refractivity contribution is 0.135. The van der Waals surface area contributed by atoms with E-state index in [0.717, 1.165) is 4.70 Å². The van der Waals surface area contributed by atoms with E-state index in [-0.39, 0.29) is 16.8 Å². The molecule has 2 heterocycles. The highest BCUT2D eigenvalue weighted by Crippen LogP contribution is 2.31. The number of aromatic nitrogens is 1. The van der Waals surface area contributed by atoms with E-state index in [1.165, 1.54) is 34.9 Å². The van der Waals surface area contributed by atoms with Crippen molar-refractivity contribution in [3.8, 4) is 10.9 Å². The highest BCUT2D eigenvalue weighted by Gasteiger charge is 2.30. The number of thiazole rings is 1. The lowest BCUT2D eigenvalue weighted by Gasteiger charge is -2.30. The fourth-order valence-electron chi connectivity index (χ4n) is 3.16. The van der Waals surface area contributed by atoms with Crippen molar-refractivity contribution in [3.63, 3.8) is 0 Å². The summed E-state index contributed by atoms with van der Waals surface area (Å²) < 4.78 is 52.1. The monoisotopic (exact) mass is 422 g/mol. The van der Waals surface area contributed by atoms with E-state index in [9.17, 15) is 12.8 Å². The van der Waals surface area contributed by atoms with Crippen molar-refractivity contribution in [3.05, 3.63) is 48.3 Å². The van der Waals surface area contributed by atoms with E-state index < -0.39 is 10.0 Å². The van der Waals surface area contributed by atoms with Crippen LogP contribution in [-0.4, -0.2) is 44.0 Å². The topological polar surface area (TPSA) is 68.7 Å². The molecule has 0 atom stereocenters. The number of benzene rings is 2. The molecule has 0 aliphatic carbocycles. The first-order chi connectivity index (χ1) is 13.5. The minimum Gasteiger partial charge on any atom is -0.497 e. The number of hydrogen-bond acceptors (Lipinski definition) is 6. The molecular formula is C19H19FN2O4S2. The zero-order valence-electron chi connectivity index (χ0n) is 15.2. The molecule has 0 N–H and O–H groups in total. The minimum absolute atomic E-state index is 0.118. The zero-order chi connectivity index (χ0) is 19.7. The Hall–Kier alpha value is -2.23. The molecule has 1 fully saturated rings. The summed E-state index contributed by atoms with van der Waals surface area (Å²) in [5.41, 5.74) is 0.695. The number of halogens is 1. The third-order valence-corrected chi connectivity index (χ3v) is 7.52. The van der Waals surface area contributed by atoms with Gasteiger partial charge in [-0.15, -0.1) is 0 Å². The van der Waals surface area contributed by atoms with Crippen LogP contribution in [0.2, 0.25) is 0 Å². The molecule has 6 nitrogen and oxygen atoms in total. The number of fused-ring (bicyclic) bond motifs is 1. The summed E-state index contributed by atoms with van der Waals surface area (Å²) in [7, 11) is -2.00. The Balaban J connectivity index is 1.40. The van der Waals surface area contributed by atoms with Crippen molar-refractivity contribution in [1.29, 1.82) is 0 Å². The summed E-state index contributed by atoms with van der Waals surface area (Å²) in [5, 5.41) is 0.483. The Labute approximate surface area is 166 Å². The van der Waals surface area contributed by atoms with E-state index in [1.54, 1.807) is 30.3 Å². The van der Waals surface area contributed by atoms with Crippen molar-refractivity contribution in [1.82, 2.24) is 9.29 Å². The molecular weight excluding hydrogens is 403 g/mol. The van der Waals surface area contributed by atoms with Gasteiger partial charge in [-0.1, -0.05) is 11.3 Å². The molecule has 0 spiro atoms. The van der Waals surface area contributed by atoms with Gasteiger partial charge in [0, 0.05) is 13.1 Å². The smallest absolute Gasteiger partial charge is 0.274 e. The van der Waals surface area contributed by atoms with Crippen LogP contribution in [-0.2, 0) is 10.0 Å². The average Bonchev–Trinajstić information content (AvgIpc) is 3.09. The molecule has 0 saturated carbocycles. The summed E-state index contributed by atoms with van der Waals surface area (Å²) >= 11 is 1.29. The van der Waals surface area contributed by atoms with Crippen LogP contribution in [0, 0.1) is 5.82 Å². The molecule has 2 aromatic carbocycles. The Morgan fingerprint density at radius 3 is 2.54 bits per heavy atom. The van der Waals surface area contributed by atoms with Gasteiger partial charge in [0.05, 0.1) is 22.2 Å². The summed E-state index contributed by atoms with van der Waals surface area (Å²) in [4.78, 5) is 4.62. The predicted octanol–water partition coefficient (Wildman–Crippen LogP) is 3.68. The normalized spacial score (nSPS) is 16.4. The first kappa shape index (κ1) is 19.1. The van der Waals surface area contributed by atoms with Gasteiger partial charge >= 0.3 is 0 Å². The third kappa shape index (κ3) is 3.82. The lowest BCUT2D eigenvalue weighted by atomic mass is 10.1. The van der Waals surface area contributed by atoms with Crippen LogP contribution in [0.25, 0.3) is 10.2 Å². The Morgan fingerprint density at radius 1 is 1.14 bits per heavy atom. The second kappa shape index (κ2) is 7.65. The van der Waals surface area contributed by atoms with Crippen LogP contribution in [0.15, 0.2) is 47.4 Å². The number of piperidine rings is 1. The largest absolute Gasteiger partial charge is 0.497 e. The second-order valence-corrected chi connectivity index (χ2v) is 9.42. The SMILES string of the molecule is COc1ccc(S(=O)(=O)N2CCC(Oc3nc4ccc(F)cc4s3)CC2)cc1. The molecule has 1 aliphatic heterocycles. The van der Waals surface area contributed by atoms with Gasteiger partial charge in [-0.25, -0.2) is 17.8 Å². The maximum atomic E-state index is 13.3. The van der Waals surface area contributed by atoms with Crippen molar-refractivity contribution >= 4 is 31.6 Å².